The summed E-state index contributed by atoms with van der Waals surface area (Å²) in [5.74, 6) is 0.433. The molecule has 5 nitrogen and oxygen atoms in total. The zero-order valence-corrected chi connectivity index (χ0v) is 14.2. The summed E-state index contributed by atoms with van der Waals surface area (Å²) in [7, 11) is 0. The molecule has 0 unspecified atom stereocenters. The molecule has 1 saturated heterocycles. The average Bonchev–Trinajstić information content (AvgIpc) is 3.15. The molecule has 0 bridgehead atoms. The Morgan fingerprint density at radius 3 is 1.88 bits per heavy atom. The van der Waals surface area contributed by atoms with Crippen molar-refractivity contribution in [1.82, 2.24) is 9.80 Å². The Bertz CT molecular complexity index is 625. The van der Waals surface area contributed by atoms with Crippen LogP contribution in [0.4, 0.5) is 0 Å². The third-order valence-corrected chi connectivity index (χ3v) is 5.12. The molecule has 1 aliphatic carbocycles. The Balaban J connectivity index is 1.56. The molecule has 0 N–H and O–H groups in total. The predicted octanol–water partition coefficient (Wildman–Crippen LogP) is 2.36. The number of piperazine rings is 1. The van der Waals surface area contributed by atoms with E-state index in [1.54, 1.807) is 29.2 Å². The van der Waals surface area contributed by atoms with Gasteiger partial charge in [0.15, 0.2) is 5.78 Å². The molecule has 1 aromatic rings. The van der Waals surface area contributed by atoms with Crippen LogP contribution in [-0.2, 0) is 4.79 Å². The molecular formula is C19H24N2O3. The highest BCUT2D eigenvalue weighted by molar-refractivity contribution is 5.97. The van der Waals surface area contributed by atoms with Crippen molar-refractivity contribution in [2.24, 2.45) is 5.92 Å². The van der Waals surface area contributed by atoms with E-state index >= 15 is 0 Å². The van der Waals surface area contributed by atoms with Gasteiger partial charge in [-0.3, -0.25) is 14.4 Å². The summed E-state index contributed by atoms with van der Waals surface area (Å²) in [4.78, 5) is 40.0. The van der Waals surface area contributed by atoms with E-state index in [9.17, 15) is 14.4 Å². The molecule has 3 rings (SSSR count). The maximum atomic E-state index is 12.6. The number of rotatable bonds is 3. The summed E-state index contributed by atoms with van der Waals surface area (Å²) in [5, 5.41) is 0. The molecule has 128 valence electrons. The lowest BCUT2D eigenvalue weighted by atomic mass is 10.1. The fourth-order valence-electron chi connectivity index (χ4n) is 3.59. The van der Waals surface area contributed by atoms with Crippen molar-refractivity contribution in [3.8, 4) is 0 Å². The number of ketones is 1. The van der Waals surface area contributed by atoms with Gasteiger partial charge in [0.2, 0.25) is 5.91 Å². The summed E-state index contributed by atoms with van der Waals surface area (Å²) < 4.78 is 0. The van der Waals surface area contributed by atoms with Gasteiger partial charge in [0.25, 0.3) is 5.91 Å². The van der Waals surface area contributed by atoms with Gasteiger partial charge in [-0.1, -0.05) is 25.0 Å². The van der Waals surface area contributed by atoms with Crippen LogP contribution in [0.1, 0.15) is 53.3 Å². The Hall–Kier alpha value is -2.17. The van der Waals surface area contributed by atoms with Crippen LogP contribution in [0.5, 0.6) is 0 Å². The van der Waals surface area contributed by atoms with Gasteiger partial charge in [0.05, 0.1) is 0 Å². The fraction of sp³-hybridized carbons (Fsp3) is 0.526. The molecule has 1 heterocycles. The van der Waals surface area contributed by atoms with Crippen LogP contribution in [0, 0.1) is 5.92 Å². The predicted molar refractivity (Wildman–Crippen MR) is 90.9 cm³/mol. The number of amides is 2. The van der Waals surface area contributed by atoms with Crippen LogP contribution in [0.2, 0.25) is 0 Å². The normalized spacial score (nSPS) is 18.7. The second kappa shape index (κ2) is 7.16. The van der Waals surface area contributed by atoms with E-state index in [2.05, 4.69) is 0 Å². The van der Waals surface area contributed by atoms with Gasteiger partial charge in [0.1, 0.15) is 0 Å². The highest BCUT2D eigenvalue weighted by atomic mass is 16.2. The first-order valence-electron chi connectivity index (χ1n) is 8.75. The second-order valence-electron chi connectivity index (χ2n) is 6.73. The summed E-state index contributed by atoms with van der Waals surface area (Å²) in [6, 6.07) is 6.79. The Morgan fingerprint density at radius 2 is 1.33 bits per heavy atom. The van der Waals surface area contributed by atoms with Crippen LogP contribution in [-0.4, -0.2) is 53.6 Å². The average molecular weight is 328 g/mol. The standard InChI is InChI=1S/C19H24N2O3/c1-14(22)15-6-8-17(9-7-15)19(24)21-12-10-20(11-13-21)18(23)16-4-2-3-5-16/h6-9,16H,2-5,10-13H2,1H3. The van der Waals surface area contributed by atoms with E-state index < -0.39 is 0 Å². The van der Waals surface area contributed by atoms with E-state index in [1.807, 2.05) is 4.90 Å². The van der Waals surface area contributed by atoms with Crippen molar-refractivity contribution < 1.29 is 14.4 Å². The smallest absolute Gasteiger partial charge is 0.253 e. The Kier molecular flexibility index (Phi) is 4.97. The lowest BCUT2D eigenvalue weighted by Gasteiger charge is -2.36. The molecular weight excluding hydrogens is 304 g/mol. The topological polar surface area (TPSA) is 57.7 Å². The zero-order valence-electron chi connectivity index (χ0n) is 14.2. The Labute approximate surface area is 142 Å². The highest BCUT2D eigenvalue weighted by Gasteiger charge is 2.30. The van der Waals surface area contributed by atoms with Crippen LogP contribution in [0.3, 0.4) is 0 Å². The molecule has 0 atom stereocenters. The molecule has 0 aromatic heterocycles. The molecule has 0 radical (unpaired) electrons. The Morgan fingerprint density at radius 1 is 0.833 bits per heavy atom. The van der Waals surface area contributed by atoms with Crippen LogP contribution < -0.4 is 0 Å². The molecule has 24 heavy (non-hydrogen) atoms. The highest BCUT2D eigenvalue weighted by Crippen LogP contribution is 2.27. The van der Waals surface area contributed by atoms with Gasteiger partial charge in [-0.15, -0.1) is 0 Å². The molecule has 1 aliphatic heterocycles. The molecule has 1 aromatic carbocycles. The molecule has 2 amide bonds. The molecule has 2 aliphatic rings. The van der Waals surface area contributed by atoms with E-state index in [4.69, 9.17) is 0 Å². The lowest BCUT2D eigenvalue weighted by Crippen LogP contribution is -2.51. The van der Waals surface area contributed by atoms with Crippen LogP contribution in [0.15, 0.2) is 24.3 Å². The zero-order chi connectivity index (χ0) is 17.1. The SMILES string of the molecule is CC(=O)c1ccc(C(=O)N2CCN(C(=O)C3CCCC3)CC2)cc1. The molecule has 1 saturated carbocycles. The van der Waals surface area contributed by atoms with Gasteiger partial charge >= 0.3 is 0 Å². The quantitative estimate of drug-likeness (QED) is 0.801. The monoisotopic (exact) mass is 328 g/mol. The van der Waals surface area contributed by atoms with Gasteiger partial charge in [0, 0.05) is 43.2 Å². The summed E-state index contributed by atoms with van der Waals surface area (Å²) in [5.41, 5.74) is 1.20. The summed E-state index contributed by atoms with van der Waals surface area (Å²) in [6.07, 6.45) is 4.34. The summed E-state index contributed by atoms with van der Waals surface area (Å²) in [6.45, 7) is 3.90. The van der Waals surface area contributed by atoms with Crippen LogP contribution in [0.25, 0.3) is 0 Å². The minimum atomic E-state index is -0.0296. The van der Waals surface area contributed by atoms with Gasteiger partial charge in [-0.05, 0) is 31.9 Å². The number of hydrogen-bond acceptors (Lipinski definition) is 3. The molecule has 0 spiro atoms. The van der Waals surface area contributed by atoms with E-state index in [0.29, 0.717) is 37.3 Å². The van der Waals surface area contributed by atoms with Crippen LogP contribution >= 0.6 is 0 Å². The largest absolute Gasteiger partial charge is 0.339 e. The minimum absolute atomic E-state index is 0.00645. The fourth-order valence-corrected chi connectivity index (χ4v) is 3.59. The number of Topliss-reactive ketones (excluding diaryl/α,β-unsaturated/α-hetero) is 1. The number of carbonyl (C=O) groups is 3. The number of hydrogen-bond donors (Lipinski definition) is 0. The van der Waals surface area contributed by atoms with Gasteiger partial charge < -0.3 is 9.80 Å². The van der Waals surface area contributed by atoms with Crippen molar-refractivity contribution in [3.05, 3.63) is 35.4 Å². The van der Waals surface area contributed by atoms with Crippen molar-refractivity contribution >= 4 is 17.6 Å². The lowest BCUT2D eigenvalue weighted by molar-refractivity contribution is -0.136. The first-order valence-corrected chi connectivity index (χ1v) is 8.75. The third kappa shape index (κ3) is 3.50. The maximum Gasteiger partial charge on any atom is 0.253 e. The van der Waals surface area contributed by atoms with Crippen molar-refractivity contribution in [2.75, 3.05) is 26.2 Å². The maximum absolute atomic E-state index is 12.6. The third-order valence-electron chi connectivity index (χ3n) is 5.12. The molecule has 2 fully saturated rings. The number of nitrogens with zero attached hydrogens (tertiary/aromatic N) is 2. The first-order chi connectivity index (χ1) is 11.6. The number of benzene rings is 1. The minimum Gasteiger partial charge on any atom is -0.339 e. The van der Waals surface area contributed by atoms with E-state index in [0.717, 1.165) is 25.7 Å². The van der Waals surface area contributed by atoms with E-state index in [1.165, 1.54) is 6.92 Å². The second-order valence-corrected chi connectivity index (χ2v) is 6.73. The van der Waals surface area contributed by atoms with Gasteiger partial charge in [-0.2, -0.15) is 0 Å². The summed E-state index contributed by atoms with van der Waals surface area (Å²) >= 11 is 0. The van der Waals surface area contributed by atoms with E-state index in [-0.39, 0.29) is 23.5 Å². The van der Waals surface area contributed by atoms with Gasteiger partial charge in [-0.25, -0.2) is 0 Å². The van der Waals surface area contributed by atoms with Crippen molar-refractivity contribution in [3.63, 3.8) is 0 Å². The van der Waals surface area contributed by atoms with Crippen molar-refractivity contribution in [2.45, 2.75) is 32.6 Å². The number of carbonyl (C=O) groups excluding carboxylic acids is 3. The molecule has 5 heteroatoms. The first kappa shape index (κ1) is 16.7. The van der Waals surface area contributed by atoms with Crippen molar-refractivity contribution in [1.29, 1.82) is 0 Å².